The van der Waals surface area contributed by atoms with Gasteiger partial charge in [0.2, 0.25) is 14.9 Å². The monoisotopic (exact) mass is 310 g/mol. The average molecular weight is 310 g/mol. The molecule has 0 fully saturated rings. The first-order valence-corrected chi connectivity index (χ1v) is 7.74. The number of sulfone groups is 1. The normalized spacial score (nSPS) is 11.5. The molecule has 0 aliphatic carbocycles. The van der Waals surface area contributed by atoms with Crippen molar-refractivity contribution >= 4 is 21.6 Å². The topological polar surface area (TPSA) is 128 Å². The van der Waals surface area contributed by atoms with Gasteiger partial charge in [0.15, 0.2) is 5.82 Å². The summed E-state index contributed by atoms with van der Waals surface area (Å²) >= 11 is 0. The number of carbonyl (C=O) groups is 1. The van der Waals surface area contributed by atoms with E-state index in [1.54, 1.807) is 12.1 Å². The molecule has 2 rings (SSSR count). The Labute approximate surface area is 121 Å². The smallest absolute Gasteiger partial charge is 0.335 e. The van der Waals surface area contributed by atoms with Gasteiger partial charge >= 0.3 is 5.97 Å². The summed E-state index contributed by atoms with van der Waals surface area (Å²) in [6.45, 7) is 1.70. The predicted molar refractivity (Wildman–Crippen MR) is 74.7 cm³/mol. The first kappa shape index (κ1) is 15.0. The molecule has 0 saturated heterocycles. The third kappa shape index (κ3) is 3.02. The summed E-state index contributed by atoms with van der Waals surface area (Å²) in [4.78, 5) is 10.8. The fraction of sp³-hybridized carbons (Fsp3) is 0.250. The van der Waals surface area contributed by atoms with Crippen LogP contribution in [0.1, 0.15) is 22.8 Å². The Kier molecular flexibility index (Phi) is 3.94. The standard InChI is InChI=1S/C12H14N4O4S/c1-2-21(19,20)11-10(13)16(15-14-11)7-8-3-5-9(6-4-8)12(17)18/h3-6H,2,7,13H2,1H3,(H,17,18). The number of nitrogens with two attached hydrogens (primary N) is 1. The molecule has 1 aromatic carbocycles. The number of rotatable bonds is 5. The summed E-state index contributed by atoms with van der Waals surface area (Å²) < 4.78 is 24.8. The first-order valence-electron chi connectivity index (χ1n) is 6.09. The molecule has 2 aromatic rings. The van der Waals surface area contributed by atoms with Crippen LogP contribution in [-0.2, 0) is 16.4 Å². The number of hydrogen-bond acceptors (Lipinski definition) is 6. The van der Waals surface area contributed by atoms with Crippen molar-refractivity contribution in [2.45, 2.75) is 18.5 Å². The van der Waals surface area contributed by atoms with Crippen LogP contribution in [0.5, 0.6) is 0 Å². The summed E-state index contributed by atoms with van der Waals surface area (Å²) in [6, 6.07) is 6.13. The minimum absolute atomic E-state index is 0.0286. The average Bonchev–Trinajstić information content (AvgIpc) is 2.81. The summed E-state index contributed by atoms with van der Waals surface area (Å²) in [5, 5.41) is 15.9. The van der Waals surface area contributed by atoms with Gasteiger partial charge in [0.1, 0.15) is 0 Å². The second-order valence-electron chi connectivity index (χ2n) is 4.34. The van der Waals surface area contributed by atoms with E-state index in [-0.39, 0.29) is 28.7 Å². The van der Waals surface area contributed by atoms with Gasteiger partial charge in [-0.2, -0.15) is 0 Å². The van der Waals surface area contributed by atoms with Crippen molar-refractivity contribution in [3.05, 3.63) is 35.4 Å². The molecule has 112 valence electrons. The van der Waals surface area contributed by atoms with Crippen molar-refractivity contribution in [3.63, 3.8) is 0 Å². The number of nitrogens with zero attached hydrogens (tertiary/aromatic N) is 3. The van der Waals surface area contributed by atoms with Crippen LogP contribution in [0.4, 0.5) is 5.82 Å². The molecule has 3 N–H and O–H groups in total. The van der Waals surface area contributed by atoms with Crippen molar-refractivity contribution in [3.8, 4) is 0 Å². The highest BCUT2D eigenvalue weighted by atomic mass is 32.2. The lowest BCUT2D eigenvalue weighted by Crippen LogP contribution is -2.10. The zero-order valence-electron chi connectivity index (χ0n) is 11.2. The zero-order chi connectivity index (χ0) is 15.6. The van der Waals surface area contributed by atoms with E-state index in [4.69, 9.17) is 10.8 Å². The van der Waals surface area contributed by atoms with Crippen LogP contribution in [0.25, 0.3) is 0 Å². The highest BCUT2D eigenvalue weighted by molar-refractivity contribution is 7.91. The van der Waals surface area contributed by atoms with Crippen LogP contribution in [0.2, 0.25) is 0 Å². The molecule has 0 spiro atoms. The minimum atomic E-state index is -3.52. The first-order chi connectivity index (χ1) is 9.85. The number of aromatic nitrogens is 3. The molecule has 21 heavy (non-hydrogen) atoms. The van der Waals surface area contributed by atoms with Crippen molar-refractivity contribution in [1.82, 2.24) is 15.0 Å². The third-order valence-electron chi connectivity index (χ3n) is 2.95. The molecular weight excluding hydrogens is 296 g/mol. The Balaban J connectivity index is 2.27. The molecular formula is C12H14N4O4S. The molecule has 0 unspecified atom stereocenters. The van der Waals surface area contributed by atoms with Crippen LogP contribution in [0.3, 0.4) is 0 Å². The summed E-state index contributed by atoms with van der Waals surface area (Å²) in [5.74, 6) is -1.15. The molecule has 0 amide bonds. The largest absolute Gasteiger partial charge is 0.478 e. The fourth-order valence-electron chi connectivity index (χ4n) is 1.71. The summed E-state index contributed by atoms with van der Waals surface area (Å²) in [7, 11) is -3.52. The summed E-state index contributed by atoms with van der Waals surface area (Å²) in [5.41, 5.74) is 6.66. The Morgan fingerprint density at radius 3 is 2.48 bits per heavy atom. The van der Waals surface area contributed by atoms with E-state index < -0.39 is 15.8 Å². The Bertz CT molecular complexity index is 765. The van der Waals surface area contributed by atoms with Gasteiger partial charge in [0.05, 0.1) is 17.9 Å². The molecule has 0 aliphatic rings. The van der Waals surface area contributed by atoms with E-state index in [9.17, 15) is 13.2 Å². The second-order valence-corrected chi connectivity index (χ2v) is 6.54. The van der Waals surface area contributed by atoms with E-state index >= 15 is 0 Å². The maximum atomic E-state index is 11.7. The molecule has 0 radical (unpaired) electrons. The van der Waals surface area contributed by atoms with Gasteiger partial charge in [-0.15, -0.1) is 5.10 Å². The Morgan fingerprint density at radius 2 is 1.95 bits per heavy atom. The quantitative estimate of drug-likeness (QED) is 0.817. The third-order valence-corrected chi connectivity index (χ3v) is 4.59. The maximum absolute atomic E-state index is 11.7. The maximum Gasteiger partial charge on any atom is 0.335 e. The number of carboxylic acid groups (broad SMARTS) is 1. The number of aromatic carboxylic acids is 1. The van der Waals surface area contributed by atoms with E-state index in [1.807, 2.05) is 0 Å². The zero-order valence-corrected chi connectivity index (χ0v) is 12.0. The van der Waals surface area contributed by atoms with Crippen molar-refractivity contribution in [1.29, 1.82) is 0 Å². The van der Waals surface area contributed by atoms with E-state index in [0.29, 0.717) is 0 Å². The van der Waals surface area contributed by atoms with Gasteiger partial charge in [0, 0.05) is 0 Å². The highest BCUT2D eigenvalue weighted by Gasteiger charge is 2.22. The van der Waals surface area contributed by atoms with Crippen molar-refractivity contribution < 1.29 is 18.3 Å². The predicted octanol–water partition coefficient (Wildman–Crippen LogP) is 0.400. The van der Waals surface area contributed by atoms with Gasteiger partial charge < -0.3 is 10.8 Å². The molecule has 1 aromatic heterocycles. The van der Waals surface area contributed by atoms with Crippen LogP contribution in [0.15, 0.2) is 29.3 Å². The Morgan fingerprint density at radius 1 is 1.33 bits per heavy atom. The molecule has 0 atom stereocenters. The Hall–Kier alpha value is -2.42. The van der Waals surface area contributed by atoms with Crippen LogP contribution in [0, 0.1) is 0 Å². The van der Waals surface area contributed by atoms with Crippen molar-refractivity contribution in [2.75, 3.05) is 11.5 Å². The molecule has 0 bridgehead atoms. The van der Waals surface area contributed by atoms with Gasteiger partial charge in [-0.25, -0.2) is 17.9 Å². The number of hydrogen-bond donors (Lipinski definition) is 2. The van der Waals surface area contributed by atoms with Crippen molar-refractivity contribution in [2.24, 2.45) is 0 Å². The van der Waals surface area contributed by atoms with Crippen LogP contribution < -0.4 is 5.73 Å². The number of benzene rings is 1. The minimum Gasteiger partial charge on any atom is -0.478 e. The molecule has 0 aliphatic heterocycles. The lowest BCUT2D eigenvalue weighted by Gasteiger charge is -2.04. The highest BCUT2D eigenvalue weighted by Crippen LogP contribution is 2.17. The lowest BCUT2D eigenvalue weighted by molar-refractivity contribution is 0.0697. The number of nitrogen functional groups attached to an aromatic ring is 1. The molecule has 0 saturated carbocycles. The lowest BCUT2D eigenvalue weighted by atomic mass is 10.1. The summed E-state index contributed by atoms with van der Waals surface area (Å²) in [6.07, 6.45) is 0. The van der Waals surface area contributed by atoms with E-state index in [1.165, 1.54) is 23.7 Å². The molecule has 8 nitrogen and oxygen atoms in total. The van der Waals surface area contributed by atoms with Gasteiger partial charge in [-0.1, -0.05) is 24.3 Å². The molecule has 1 heterocycles. The fourth-order valence-corrected chi connectivity index (χ4v) is 2.56. The second kappa shape index (κ2) is 5.52. The SMILES string of the molecule is CCS(=O)(=O)c1nnn(Cc2ccc(C(=O)O)cc2)c1N. The number of carboxylic acids is 1. The van der Waals surface area contributed by atoms with Crippen LogP contribution in [-0.4, -0.2) is 40.2 Å². The van der Waals surface area contributed by atoms with Gasteiger partial charge in [-0.3, -0.25) is 0 Å². The van der Waals surface area contributed by atoms with E-state index in [0.717, 1.165) is 5.56 Å². The molecule has 9 heteroatoms. The van der Waals surface area contributed by atoms with Gasteiger partial charge in [0.25, 0.3) is 0 Å². The number of anilines is 1. The van der Waals surface area contributed by atoms with Gasteiger partial charge in [-0.05, 0) is 17.7 Å². The van der Waals surface area contributed by atoms with Crippen LogP contribution >= 0.6 is 0 Å². The van der Waals surface area contributed by atoms with E-state index in [2.05, 4.69) is 10.3 Å².